The van der Waals surface area contributed by atoms with Gasteiger partial charge in [-0.1, -0.05) is 25.7 Å². The van der Waals surface area contributed by atoms with Crippen LogP contribution >= 0.6 is 0 Å². The molecule has 1 saturated carbocycles. The van der Waals surface area contributed by atoms with Gasteiger partial charge in [-0.2, -0.15) is 0 Å². The maximum atomic E-state index is 11.6. The Hall–Kier alpha value is -1.70. The molecule has 2 unspecified atom stereocenters. The summed E-state index contributed by atoms with van der Waals surface area (Å²) in [6, 6.07) is -0.464. The van der Waals surface area contributed by atoms with Crippen LogP contribution in [-0.2, 0) is 4.79 Å². The number of amides is 2. The molecule has 18 heavy (non-hydrogen) atoms. The summed E-state index contributed by atoms with van der Waals surface area (Å²) in [7, 11) is 0. The number of hydrogen-bond acceptors (Lipinski definition) is 2. The first-order chi connectivity index (χ1) is 8.50. The van der Waals surface area contributed by atoms with Gasteiger partial charge in [0.05, 0.1) is 6.54 Å². The van der Waals surface area contributed by atoms with Gasteiger partial charge in [0.1, 0.15) is 5.54 Å². The minimum Gasteiger partial charge on any atom is -0.480 e. The highest BCUT2D eigenvalue weighted by atomic mass is 16.4. The van der Waals surface area contributed by atoms with E-state index in [1.807, 2.05) is 6.92 Å². The van der Waals surface area contributed by atoms with Crippen molar-refractivity contribution in [2.75, 3.05) is 6.54 Å². The monoisotopic (exact) mass is 252 g/mol. The smallest absolute Gasteiger partial charge is 0.329 e. The Labute approximate surface area is 107 Å². The lowest BCUT2D eigenvalue weighted by Gasteiger charge is -2.36. The average molecular weight is 252 g/mol. The number of rotatable bonds is 3. The van der Waals surface area contributed by atoms with E-state index in [1.165, 1.54) is 0 Å². The van der Waals surface area contributed by atoms with E-state index >= 15 is 0 Å². The minimum atomic E-state index is -1.12. The normalized spacial score (nSPS) is 26.7. The zero-order chi connectivity index (χ0) is 13.6. The zero-order valence-electron chi connectivity index (χ0n) is 10.9. The lowest BCUT2D eigenvalue weighted by molar-refractivity contribution is -0.146. The van der Waals surface area contributed by atoms with Gasteiger partial charge < -0.3 is 15.7 Å². The molecule has 0 bridgehead atoms. The number of carboxylic acids is 1. The van der Waals surface area contributed by atoms with Crippen LogP contribution < -0.4 is 10.6 Å². The molecule has 0 aromatic rings. The van der Waals surface area contributed by atoms with Gasteiger partial charge in [-0.25, -0.2) is 9.59 Å². The van der Waals surface area contributed by atoms with Crippen molar-refractivity contribution in [3.05, 3.63) is 0 Å². The fourth-order valence-corrected chi connectivity index (χ4v) is 2.39. The number of nitrogens with one attached hydrogen (secondary N) is 2. The number of hydrogen-bond donors (Lipinski definition) is 3. The molecule has 3 N–H and O–H groups in total. The average Bonchev–Trinajstić information content (AvgIpc) is 2.29. The lowest BCUT2D eigenvalue weighted by atomic mass is 9.76. The summed E-state index contributed by atoms with van der Waals surface area (Å²) in [6.45, 7) is 3.92. The van der Waals surface area contributed by atoms with Crippen LogP contribution in [0.5, 0.6) is 0 Å². The molecular weight excluding hydrogens is 232 g/mol. The maximum absolute atomic E-state index is 11.6. The summed E-state index contributed by atoms with van der Waals surface area (Å²) in [5, 5.41) is 14.5. The van der Waals surface area contributed by atoms with E-state index in [4.69, 9.17) is 0 Å². The van der Waals surface area contributed by atoms with E-state index in [1.54, 1.807) is 6.92 Å². The molecule has 0 spiro atoms. The second kappa shape index (κ2) is 6.29. The molecule has 0 saturated heterocycles. The Bertz CT molecular complexity index is 383. The molecule has 0 aromatic heterocycles. The van der Waals surface area contributed by atoms with E-state index in [9.17, 15) is 14.7 Å². The van der Waals surface area contributed by atoms with Crippen LogP contribution in [0.15, 0.2) is 0 Å². The van der Waals surface area contributed by atoms with Gasteiger partial charge in [0.15, 0.2) is 0 Å². The molecule has 1 aliphatic rings. The van der Waals surface area contributed by atoms with Crippen molar-refractivity contribution < 1.29 is 14.7 Å². The zero-order valence-corrected chi connectivity index (χ0v) is 10.9. The van der Waals surface area contributed by atoms with Crippen LogP contribution in [0.2, 0.25) is 0 Å². The molecule has 5 heteroatoms. The summed E-state index contributed by atoms with van der Waals surface area (Å²) in [5.74, 6) is 4.71. The van der Waals surface area contributed by atoms with Crippen molar-refractivity contribution in [3.63, 3.8) is 0 Å². The molecular formula is C13H20N2O3. The Morgan fingerprint density at radius 2 is 2.22 bits per heavy atom. The van der Waals surface area contributed by atoms with Crippen LogP contribution in [0.25, 0.3) is 0 Å². The highest BCUT2D eigenvalue weighted by Gasteiger charge is 2.43. The SMILES string of the molecule is CC#CCNC(=O)NC1(C(=O)O)CCCC(C)C1. The van der Waals surface area contributed by atoms with Gasteiger partial charge in [0, 0.05) is 0 Å². The first-order valence-corrected chi connectivity index (χ1v) is 6.19. The Kier molecular flexibility index (Phi) is 5.02. The van der Waals surface area contributed by atoms with E-state index < -0.39 is 17.5 Å². The molecule has 2 amide bonds. The van der Waals surface area contributed by atoms with Gasteiger partial charge in [0.25, 0.3) is 0 Å². The minimum absolute atomic E-state index is 0.230. The van der Waals surface area contributed by atoms with Crippen molar-refractivity contribution in [3.8, 4) is 11.8 Å². The third kappa shape index (κ3) is 3.66. The molecule has 1 fully saturated rings. The summed E-state index contributed by atoms with van der Waals surface area (Å²) >= 11 is 0. The van der Waals surface area contributed by atoms with E-state index in [0.29, 0.717) is 18.8 Å². The topological polar surface area (TPSA) is 78.4 Å². The maximum Gasteiger partial charge on any atom is 0.329 e. The highest BCUT2D eigenvalue weighted by molar-refractivity contribution is 5.86. The van der Waals surface area contributed by atoms with E-state index in [0.717, 1.165) is 12.8 Å². The Morgan fingerprint density at radius 1 is 1.50 bits per heavy atom. The Morgan fingerprint density at radius 3 is 2.78 bits per heavy atom. The molecule has 0 aliphatic heterocycles. The van der Waals surface area contributed by atoms with Crippen molar-refractivity contribution in [2.45, 2.75) is 45.1 Å². The van der Waals surface area contributed by atoms with Gasteiger partial charge in [-0.15, -0.1) is 5.92 Å². The molecule has 0 aromatic carbocycles. The molecule has 0 radical (unpaired) electrons. The van der Waals surface area contributed by atoms with Crippen molar-refractivity contribution in [1.82, 2.24) is 10.6 Å². The number of urea groups is 1. The third-order valence-corrected chi connectivity index (χ3v) is 3.27. The summed E-state index contributed by atoms with van der Waals surface area (Å²) in [5.41, 5.74) is -1.12. The summed E-state index contributed by atoms with van der Waals surface area (Å²) < 4.78 is 0. The fraction of sp³-hybridized carbons (Fsp3) is 0.692. The predicted octanol–water partition coefficient (Wildman–Crippen LogP) is 1.34. The molecule has 2 atom stereocenters. The van der Waals surface area contributed by atoms with Crippen molar-refractivity contribution in [2.24, 2.45) is 5.92 Å². The summed E-state index contributed by atoms with van der Waals surface area (Å²) in [4.78, 5) is 23.1. The second-order valence-corrected chi connectivity index (χ2v) is 4.82. The molecule has 1 aliphatic carbocycles. The van der Waals surface area contributed by atoms with E-state index in [-0.39, 0.29) is 6.54 Å². The first-order valence-electron chi connectivity index (χ1n) is 6.19. The number of carbonyl (C=O) groups is 2. The third-order valence-electron chi connectivity index (χ3n) is 3.27. The number of aliphatic carboxylic acids is 1. The van der Waals surface area contributed by atoms with Gasteiger partial charge in [0.2, 0.25) is 0 Å². The first kappa shape index (κ1) is 14.4. The standard InChI is InChI=1S/C13H20N2O3/c1-3-4-8-14-12(18)15-13(11(16)17)7-5-6-10(2)9-13/h10H,5-9H2,1-2H3,(H,16,17)(H2,14,15,18). The van der Waals surface area contributed by atoms with Crippen LogP contribution in [0.3, 0.4) is 0 Å². The number of carboxylic acid groups (broad SMARTS) is 1. The van der Waals surface area contributed by atoms with Gasteiger partial charge in [-0.3, -0.25) is 0 Å². The largest absolute Gasteiger partial charge is 0.480 e. The molecule has 5 nitrogen and oxygen atoms in total. The predicted molar refractivity (Wildman–Crippen MR) is 68.0 cm³/mol. The second-order valence-electron chi connectivity index (χ2n) is 4.82. The van der Waals surface area contributed by atoms with Crippen LogP contribution in [0.1, 0.15) is 39.5 Å². The number of carbonyl (C=O) groups excluding carboxylic acids is 1. The lowest BCUT2D eigenvalue weighted by Crippen LogP contribution is -2.59. The van der Waals surface area contributed by atoms with E-state index in [2.05, 4.69) is 22.5 Å². The summed E-state index contributed by atoms with van der Waals surface area (Å²) in [6.07, 6.45) is 2.80. The molecule has 1 rings (SSSR count). The van der Waals surface area contributed by atoms with Crippen molar-refractivity contribution >= 4 is 12.0 Å². The fourth-order valence-electron chi connectivity index (χ4n) is 2.39. The van der Waals surface area contributed by atoms with Gasteiger partial charge in [-0.05, 0) is 25.7 Å². The van der Waals surface area contributed by atoms with Crippen molar-refractivity contribution in [1.29, 1.82) is 0 Å². The van der Waals surface area contributed by atoms with Crippen LogP contribution in [0.4, 0.5) is 4.79 Å². The van der Waals surface area contributed by atoms with Crippen LogP contribution in [-0.4, -0.2) is 29.2 Å². The highest BCUT2D eigenvalue weighted by Crippen LogP contribution is 2.32. The Balaban J connectivity index is 2.64. The van der Waals surface area contributed by atoms with Gasteiger partial charge >= 0.3 is 12.0 Å². The quantitative estimate of drug-likeness (QED) is 0.663. The molecule has 0 heterocycles. The molecule has 100 valence electrons. The van der Waals surface area contributed by atoms with Crippen LogP contribution in [0, 0.1) is 17.8 Å².